The van der Waals surface area contributed by atoms with Gasteiger partial charge in [-0.3, -0.25) is 9.59 Å². The van der Waals surface area contributed by atoms with E-state index in [2.05, 4.69) is 16.0 Å². The summed E-state index contributed by atoms with van der Waals surface area (Å²) in [7, 11) is 3.02. The van der Waals surface area contributed by atoms with Crippen molar-refractivity contribution in [3.05, 3.63) is 24.3 Å². The molecule has 0 fully saturated rings. The highest BCUT2D eigenvalue weighted by Gasteiger charge is 2.10. The standard InChI is InChI=1S/C17H25N3O4.CHNO/c1-18-16(22)15(21)10-5-3-4-6-11-19-17(23)20-13-8-7-9-14(12-13)24-2;2-1-3/h7-9,12H,3-6,10-11H2,1-2H3,(H,18,22)(H2,19,20,23);2H. The maximum absolute atomic E-state index is 11.7. The molecule has 0 saturated heterocycles. The third-order valence-electron chi connectivity index (χ3n) is 3.42. The molecular formula is C18H26N4O5. The third kappa shape index (κ3) is 11.9. The number of methoxy groups -OCH3 is 1. The number of amides is 3. The zero-order valence-electron chi connectivity index (χ0n) is 15.6. The number of ether oxygens (including phenoxy) is 1. The zero-order valence-corrected chi connectivity index (χ0v) is 15.6. The van der Waals surface area contributed by atoms with E-state index in [-0.39, 0.29) is 18.2 Å². The van der Waals surface area contributed by atoms with E-state index in [1.165, 1.54) is 7.05 Å². The first-order chi connectivity index (χ1) is 13.0. The van der Waals surface area contributed by atoms with Crippen LogP contribution in [0.4, 0.5) is 10.5 Å². The number of Topliss-reactive ketones (excluding diaryl/α,β-unsaturated/α-hetero) is 1. The minimum absolute atomic E-state index is 0.266. The Morgan fingerprint density at radius 2 is 1.81 bits per heavy atom. The summed E-state index contributed by atoms with van der Waals surface area (Å²) >= 11 is 0. The van der Waals surface area contributed by atoms with Crippen LogP contribution in [0.3, 0.4) is 0 Å². The van der Waals surface area contributed by atoms with E-state index in [4.69, 9.17) is 14.9 Å². The molecule has 0 aliphatic rings. The first-order valence-electron chi connectivity index (χ1n) is 8.46. The fourth-order valence-corrected chi connectivity index (χ4v) is 2.10. The molecule has 4 N–H and O–H groups in total. The number of nitrogens with one attached hydrogen (secondary N) is 4. The van der Waals surface area contributed by atoms with E-state index < -0.39 is 5.91 Å². The molecule has 0 aliphatic heterocycles. The van der Waals surface area contributed by atoms with Gasteiger partial charge in [-0.05, 0) is 25.0 Å². The zero-order chi connectivity index (χ0) is 20.5. The van der Waals surface area contributed by atoms with Gasteiger partial charge < -0.3 is 20.7 Å². The van der Waals surface area contributed by atoms with Gasteiger partial charge in [-0.1, -0.05) is 18.9 Å². The van der Waals surface area contributed by atoms with Crippen LogP contribution in [0.25, 0.3) is 0 Å². The van der Waals surface area contributed by atoms with E-state index >= 15 is 0 Å². The van der Waals surface area contributed by atoms with Crippen molar-refractivity contribution >= 4 is 29.5 Å². The van der Waals surface area contributed by atoms with Crippen LogP contribution in [0.5, 0.6) is 5.75 Å². The van der Waals surface area contributed by atoms with Crippen molar-refractivity contribution in [2.24, 2.45) is 0 Å². The number of likely N-dealkylation sites (N-methyl/N-ethyl adjacent to an activating group) is 1. The number of urea groups is 1. The van der Waals surface area contributed by atoms with Crippen LogP contribution in [0, 0.1) is 5.41 Å². The molecule has 0 saturated carbocycles. The Morgan fingerprint density at radius 1 is 1.15 bits per heavy atom. The molecule has 9 heteroatoms. The van der Waals surface area contributed by atoms with Gasteiger partial charge in [-0.25, -0.2) is 15.0 Å². The van der Waals surface area contributed by atoms with Crippen molar-refractivity contribution in [1.82, 2.24) is 10.6 Å². The summed E-state index contributed by atoms with van der Waals surface area (Å²) < 4.78 is 5.09. The molecule has 0 heterocycles. The first kappa shape index (κ1) is 23.8. The summed E-state index contributed by atoms with van der Waals surface area (Å²) in [5.41, 5.74) is 0.666. The number of carbonyl (C=O) groups is 3. The number of unbranched alkanes of at least 4 members (excludes halogenated alkanes) is 3. The molecule has 0 aromatic heterocycles. The molecular weight excluding hydrogens is 352 g/mol. The Morgan fingerprint density at radius 3 is 2.44 bits per heavy atom. The lowest BCUT2D eigenvalue weighted by atomic mass is 10.1. The summed E-state index contributed by atoms with van der Waals surface area (Å²) in [5, 5.41) is 13.2. The number of carbonyl (C=O) groups excluding carboxylic acids is 4. The second-order valence-corrected chi connectivity index (χ2v) is 5.38. The monoisotopic (exact) mass is 378 g/mol. The lowest BCUT2D eigenvalue weighted by Crippen LogP contribution is -2.29. The summed E-state index contributed by atoms with van der Waals surface area (Å²) in [5.74, 6) is -0.238. The van der Waals surface area contributed by atoms with Crippen LogP contribution in [-0.4, -0.2) is 44.5 Å². The molecule has 0 bridgehead atoms. The molecule has 0 aliphatic carbocycles. The van der Waals surface area contributed by atoms with Gasteiger partial charge in [0.1, 0.15) is 5.75 Å². The predicted molar refractivity (Wildman–Crippen MR) is 101 cm³/mol. The Hall–Kier alpha value is -3.19. The Labute approximate surface area is 158 Å². The molecule has 0 spiro atoms. The van der Waals surface area contributed by atoms with E-state index in [1.54, 1.807) is 31.4 Å². The Bertz CT molecular complexity index is 642. The number of isocyanates is 1. The second-order valence-electron chi connectivity index (χ2n) is 5.38. The van der Waals surface area contributed by atoms with Crippen molar-refractivity contribution in [2.75, 3.05) is 26.0 Å². The van der Waals surface area contributed by atoms with Crippen LogP contribution < -0.4 is 20.7 Å². The summed E-state index contributed by atoms with van der Waals surface area (Å²) in [6, 6.07) is 6.86. The van der Waals surface area contributed by atoms with Gasteiger partial charge in [0, 0.05) is 31.8 Å². The number of hydrogen-bond donors (Lipinski definition) is 4. The fourth-order valence-electron chi connectivity index (χ4n) is 2.10. The van der Waals surface area contributed by atoms with Crippen LogP contribution in [0.1, 0.15) is 32.1 Å². The molecule has 0 unspecified atom stereocenters. The summed E-state index contributed by atoms with van der Waals surface area (Å²) in [6.07, 6.45) is 4.26. The van der Waals surface area contributed by atoms with Crippen LogP contribution in [0.2, 0.25) is 0 Å². The van der Waals surface area contributed by atoms with Gasteiger partial charge >= 0.3 is 6.03 Å². The van der Waals surface area contributed by atoms with Gasteiger partial charge in [0.15, 0.2) is 0 Å². The molecule has 27 heavy (non-hydrogen) atoms. The molecule has 9 nitrogen and oxygen atoms in total. The summed E-state index contributed by atoms with van der Waals surface area (Å²) in [4.78, 5) is 42.4. The van der Waals surface area contributed by atoms with Crippen molar-refractivity contribution in [2.45, 2.75) is 32.1 Å². The molecule has 0 radical (unpaired) electrons. The van der Waals surface area contributed by atoms with E-state index in [0.29, 0.717) is 24.4 Å². The number of ketones is 1. The maximum atomic E-state index is 11.7. The highest BCUT2D eigenvalue weighted by molar-refractivity contribution is 6.36. The minimum Gasteiger partial charge on any atom is -0.497 e. The normalized spacial score (nSPS) is 9.11. The van der Waals surface area contributed by atoms with Crippen molar-refractivity contribution in [1.29, 1.82) is 5.41 Å². The Kier molecular flexibility index (Phi) is 13.3. The van der Waals surface area contributed by atoms with E-state index in [0.717, 1.165) is 25.3 Å². The smallest absolute Gasteiger partial charge is 0.319 e. The second kappa shape index (κ2) is 15.1. The Balaban J connectivity index is 0.00000210. The summed E-state index contributed by atoms with van der Waals surface area (Å²) in [6.45, 7) is 0.555. The average Bonchev–Trinajstić information content (AvgIpc) is 2.67. The van der Waals surface area contributed by atoms with E-state index in [9.17, 15) is 14.4 Å². The minimum atomic E-state index is -0.536. The van der Waals surface area contributed by atoms with Crippen molar-refractivity contribution < 1.29 is 23.9 Å². The largest absolute Gasteiger partial charge is 0.497 e. The molecule has 3 amide bonds. The molecule has 1 rings (SSSR count). The number of hydrogen-bond acceptors (Lipinski definition) is 6. The topological polar surface area (TPSA) is 137 Å². The fraction of sp³-hybridized carbons (Fsp3) is 0.444. The molecule has 0 atom stereocenters. The van der Waals surface area contributed by atoms with Gasteiger partial charge in [0.25, 0.3) is 5.91 Å². The van der Waals surface area contributed by atoms with Crippen LogP contribution in [0.15, 0.2) is 24.3 Å². The number of anilines is 1. The quantitative estimate of drug-likeness (QED) is 0.213. The van der Waals surface area contributed by atoms with Gasteiger partial charge in [-0.15, -0.1) is 0 Å². The van der Waals surface area contributed by atoms with Crippen LogP contribution >= 0.6 is 0 Å². The van der Waals surface area contributed by atoms with Gasteiger partial charge in [0.2, 0.25) is 11.9 Å². The van der Waals surface area contributed by atoms with Crippen LogP contribution in [-0.2, 0) is 14.4 Å². The number of rotatable bonds is 10. The van der Waals surface area contributed by atoms with Crippen molar-refractivity contribution in [3.8, 4) is 5.75 Å². The SMILES string of the molecule is CNC(=O)C(=O)CCCCCCNC(=O)Nc1cccc(OC)c1.N=C=O. The average molecular weight is 378 g/mol. The van der Waals surface area contributed by atoms with E-state index in [1.807, 2.05) is 0 Å². The van der Waals surface area contributed by atoms with Gasteiger partial charge in [-0.2, -0.15) is 0 Å². The number of benzene rings is 1. The first-order valence-corrected chi connectivity index (χ1v) is 8.46. The third-order valence-corrected chi connectivity index (χ3v) is 3.42. The highest BCUT2D eigenvalue weighted by Crippen LogP contribution is 2.16. The lowest BCUT2D eigenvalue weighted by molar-refractivity contribution is -0.137. The molecule has 148 valence electrons. The lowest BCUT2D eigenvalue weighted by Gasteiger charge is -2.08. The molecule has 1 aromatic rings. The highest BCUT2D eigenvalue weighted by atomic mass is 16.5. The molecule has 1 aromatic carbocycles. The van der Waals surface area contributed by atoms with Crippen molar-refractivity contribution in [3.63, 3.8) is 0 Å². The maximum Gasteiger partial charge on any atom is 0.319 e. The van der Waals surface area contributed by atoms with Gasteiger partial charge in [0.05, 0.1) is 7.11 Å². The predicted octanol–water partition coefficient (Wildman–Crippen LogP) is 1.98.